The summed E-state index contributed by atoms with van der Waals surface area (Å²) in [5.74, 6) is -0.127. The van der Waals surface area contributed by atoms with Crippen LogP contribution in [0.2, 0.25) is 0 Å². The Hall–Kier alpha value is -2.09. The first-order valence-corrected chi connectivity index (χ1v) is 10.1. The standard InChI is InChI=1S/C17H24N4O3S/c1-13(22)19-14-7-9-16(10-8-14)25(23,24)21-12-11-20(17(21)18)15-5-3-2-4-6-15/h7-10,15,18H,2-6,11-12H2,1H3,(H,19,22). The first-order chi connectivity index (χ1) is 11.9. The SMILES string of the molecule is CC(=O)Nc1ccc(S(=O)(=O)N2CCN(C3CCCCC3)C2=N)cc1. The summed E-state index contributed by atoms with van der Waals surface area (Å²) in [6.07, 6.45) is 5.57. The lowest BCUT2D eigenvalue weighted by Gasteiger charge is -2.32. The summed E-state index contributed by atoms with van der Waals surface area (Å²) >= 11 is 0. The molecule has 0 aromatic heterocycles. The molecule has 2 fully saturated rings. The fraction of sp³-hybridized carbons (Fsp3) is 0.529. The lowest BCUT2D eigenvalue weighted by molar-refractivity contribution is -0.114. The fourth-order valence-electron chi connectivity index (χ4n) is 3.58. The normalized spacial score (nSPS) is 19.3. The van der Waals surface area contributed by atoms with Crippen molar-refractivity contribution in [1.29, 1.82) is 5.41 Å². The van der Waals surface area contributed by atoms with Crippen LogP contribution in [0.5, 0.6) is 0 Å². The largest absolute Gasteiger partial charge is 0.337 e. The van der Waals surface area contributed by atoms with Crippen LogP contribution in [0.4, 0.5) is 5.69 Å². The van der Waals surface area contributed by atoms with E-state index in [4.69, 9.17) is 5.41 Å². The van der Waals surface area contributed by atoms with Crippen molar-refractivity contribution in [1.82, 2.24) is 9.21 Å². The van der Waals surface area contributed by atoms with E-state index in [1.165, 1.54) is 29.8 Å². The Morgan fingerprint density at radius 2 is 1.76 bits per heavy atom. The van der Waals surface area contributed by atoms with Crippen molar-refractivity contribution >= 4 is 27.6 Å². The van der Waals surface area contributed by atoms with E-state index >= 15 is 0 Å². The molecule has 2 N–H and O–H groups in total. The molecule has 8 heteroatoms. The summed E-state index contributed by atoms with van der Waals surface area (Å²) in [6.45, 7) is 2.29. The van der Waals surface area contributed by atoms with Crippen LogP contribution in [0.3, 0.4) is 0 Å². The zero-order valence-electron chi connectivity index (χ0n) is 14.4. The van der Waals surface area contributed by atoms with E-state index in [9.17, 15) is 13.2 Å². The minimum absolute atomic E-state index is 0.0813. The van der Waals surface area contributed by atoms with Gasteiger partial charge in [0.25, 0.3) is 10.0 Å². The molecule has 0 radical (unpaired) electrons. The second kappa shape index (κ2) is 7.03. The van der Waals surface area contributed by atoms with Gasteiger partial charge in [-0.15, -0.1) is 0 Å². The predicted octanol–water partition coefficient (Wildman–Crippen LogP) is 2.22. The Balaban J connectivity index is 1.76. The molecule has 1 saturated heterocycles. The van der Waals surface area contributed by atoms with E-state index in [-0.39, 0.29) is 22.8 Å². The third-order valence-electron chi connectivity index (χ3n) is 4.83. The molecule has 1 aliphatic heterocycles. The van der Waals surface area contributed by atoms with E-state index in [0.29, 0.717) is 18.8 Å². The molecular formula is C17H24N4O3S. The monoisotopic (exact) mass is 364 g/mol. The van der Waals surface area contributed by atoms with Gasteiger partial charge in [-0.2, -0.15) is 0 Å². The summed E-state index contributed by atoms with van der Waals surface area (Å²) < 4.78 is 26.9. The Kier molecular flexibility index (Phi) is 4.99. The van der Waals surface area contributed by atoms with Crippen LogP contribution in [0.25, 0.3) is 0 Å². The highest BCUT2D eigenvalue weighted by atomic mass is 32.2. The van der Waals surface area contributed by atoms with Gasteiger partial charge >= 0.3 is 0 Å². The van der Waals surface area contributed by atoms with Crippen molar-refractivity contribution in [3.05, 3.63) is 24.3 Å². The zero-order valence-corrected chi connectivity index (χ0v) is 15.2. The molecule has 2 aliphatic rings. The van der Waals surface area contributed by atoms with Crippen molar-refractivity contribution < 1.29 is 13.2 Å². The van der Waals surface area contributed by atoms with Crippen molar-refractivity contribution in [2.24, 2.45) is 0 Å². The van der Waals surface area contributed by atoms with E-state index in [1.54, 1.807) is 12.1 Å². The van der Waals surface area contributed by atoms with Crippen LogP contribution in [-0.2, 0) is 14.8 Å². The van der Waals surface area contributed by atoms with Gasteiger partial charge < -0.3 is 10.2 Å². The summed E-state index contributed by atoms with van der Waals surface area (Å²) in [7, 11) is -3.75. The first kappa shape index (κ1) is 17.7. The maximum Gasteiger partial charge on any atom is 0.266 e. The van der Waals surface area contributed by atoms with Crippen LogP contribution in [0.15, 0.2) is 29.2 Å². The van der Waals surface area contributed by atoms with Gasteiger partial charge in [0.15, 0.2) is 0 Å². The second-order valence-electron chi connectivity index (χ2n) is 6.59. The number of anilines is 1. The fourth-order valence-corrected chi connectivity index (χ4v) is 4.97. The summed E-state index contributed by atoms with van der Waals surface area (Å²) in [5.41, 5.74) is 0.548. The molecule has 1 saturated carbocycles. The van der Waals surface area contributed by atoms with Crippen LogP contribution < -0.4 is 5.32 Å². The lowest BCUT2D eigenvalue weighted by Crippen LogP contribution is -2.42. The number of hydrogen-bond donors (Lipinski definition) is 2. The average Bonchev–Trinajstić information content (AvgIpc) is 2.98. The van der Waals surface area contributed by atoms with E-state index < -0.39 is 10.0 Å². The third kappa shape index (κ3) is 3.63. The minimum Gasteiger partial charge on any atom is -0.337 e. The third-order valence-corrected chi connectivity index (χ3v) is 6.63. The van der Waals surface area contributed by atoms with Crippen LogP contribution in [0.1, 0.15) is 39.0 Å². The van der Waals surface area contributed by atoms with Crippen LogP contribution in [-0.4, -0.2) is 48.6 Å². The van der Waals surface area contributed by atoms with Gasteiger partial charge in [0, 0.05) is 25.2 Å². The lowest BCUT2D eigenvalue weighted by atomic mass is 9.94. The number of nitrogens with one attached hydrogen (secondary N) is 2. The van der Waals surface area contributed by atoms with E-state index in [0.717, 1.165) is 25.7 Å². The molecule has 1 aliphatic carbocycles. The van der Waals surface area contributed by atoms with E-state index in [2.05, 4.69) is 5.32 Å². The molecule has 136 valence electrons. The van der Waals surface area contributed by atoms with Gasteiger partial charge in [-0.25, -0.2) is 12.7 Å². The van der Waals surface area contributed by atoms with Crippen molar-refractivity contribution in [3.8, 4) is 0 Å². The molecule has 0 bridgehead atoms. The molecular weight excluding hydrogens is 340 g/mol. The minimum atomic E-state index is -3.75. The number of guanidine groups is 1. The van der Waals surface area contributed by atoms with Gasteiger partial charge in [0.1, 0.15) is 0 Å². The quantitative estimate of drug-likeness (QED) is 0.857. The van der Waals surface area contributed by atoms with Crippen LogP contribution >= 0.6 is 0 Å². The summed E-state index contributed by atoms with van der Waals surface area (Å²) in [5, 5.41) is 11.0. The van der Waals surface area contributed by atoms with E-state index in [1.807, 2.05) is 4.90 Å². The Labute approximate surface area is 148 Å². The molecule has 0 atom stereocenters. The maximum atomic E-state index is 12.9. The number of rotatable bonds is 4. The number of hydrogen-bond acceptors (Lipinski definition) is 4. The zero-order chi connectivity index (χ0) is 18.0. The first-order valence-electron chi connectivity index (χ1n) is 8.65. The van der Waals surface area contributed by atoms with Crippen molar-refractivity contribution in [3.63, 3.8) is 0 Å². The molecule has 1 heterocycles. The average molecular weight is 364 g/mol. The summed E-state index contributed by atoms with van der Waals surface area (Å²) in [4.78, 5) is 13.1. The maximum absolute atomic E-state index is 12.9. The molecule has 25 heavy (non-hydrogen) atoms. The Bertz CT molecular complexity index is 755. The molecule has 1 aromatic carbocycles. The van der Waals surface area contributed by atoms with Gasteiger partial charge in [-0.1, -0.05) is 19.3 Å². The summed E-state index contributed by atoms with van der Waals surface area (Å²) in [6, 6.07) is 6.34. The Morgan fingerprint density at radius 1 is 1.12 bits per heavy atom. The molecule has 3 rings (SSSR count). The second-order valence-corrected chi connectivity index (χ2v) is 8.45. The Morgan fingerprint density at radius 3 is 2.36 bits per heavy atom. The van der Waals surface area contributed by atoms with Gasteiger partial charge in [-0.05, 0) is 37.1 Å². The number of carbonyl (C=O) groups is 1. The number of nitrogens with zero attached hydrogens (tertiary/aromatic N) is 2. The topological polar surface area (TPSA) is 93.6 Å². The highest BCUT2D eigenvalue weighted by Crippen LogP contribution is 2.28. The van der Waals surface area contributed by atoms with Crippen molar-refractivity contribution in [2.45, 2.75) is 50.0 Å². The molecule has 1 aromatic rings. The number of sulfonamides is 1. The molecule has 7 nitrogen and oxygen atoms in total. The highest BCUT2D eigenvalue weighted by molar-refractivity contribution is 7.89. The molecule has 1 amide bonds. The van der Waals surface area contributed by atoms with Crippen LogP contribution in [0, 0.1) is 5.41 Å². The predicted molar refractivity (Wildman–Crippen MR) is 95.9 cm³/mol. The molecule has 0 spiro atoms. The number of benzene rings is 1. The van der Waals surface area contributed by atoms with Crippen molar-refractivity contribution in [2.75, 3.05) is 18.4 Å². The highest BCUT2D eigenvalue weighted by Gasteiger charge is 2.38. The number of amides is 1. The van der Waals surface area contributed by atoms with Gasteiger partial charge in [0.2, 0.25) is 11.9 Å². The molecule has 0 unspecified atom stereocenters. The smallest absolute Gasteiger partial charge is 0.266 e. The van der Waals surface area contributed by atoms with Gasteiger partial charge in [0.05, 0.1) is 11.4 Å². The number of carbonyl (C=O) groups excluding carboxylic acids is 1. The van der Waals surface area contributed by atoms with Gasteiger partial charge in [-0.3, -0.25) is 10.2 Å².